The van der Waals surface area contributed by atoms with E-state index in [1.807, 2.05) is 60.7 Å². The lowest BCUT2D eigenvalue weighted by Crippen LogP contribution is -2.57. The minimum absolute atomic E-state index is 0.00613. The lowest BCUT2D eigenvalue weighted by Gasteiger charge is -2.37. The summed E-state index contributed by atoms with van der Waals surface area (Å²) in [5.74, 6) is -1.73. The zero-order chi connectivity index (χ0) is 27.6. The van der Waals surface area contributed by atoms with Crippen molar-refractivity contribution in [3.63, 3.8) is 0 Å². The number of carbonyl (C=O) groups excluding carboxylic acids is 3. The number of aliphatic hydroxyl groups excluding tert-OH is 1. The van der Waals surface area contributed by atoms with Gasteiger partial charge in [0, 0.05) is 23.2 Å². The van der Waals surface area contributed by atoms with Gasteiger partial charge in [0.1, 0.15) is 6.04 Å². The van der Waals surface area contributed by atoms with Crippen LogP contribution in [0.15, 0.2) is 60.7 Å². The molecule has 7 nitrogen and oxygen atoms in total. The molecule has 2 aromatic rings. The smallest absolute Gasteiger partial charge is 0.244 e. The first-order valence-corrected chi connectivity index (χ1v) is 15.6. The van der Waals surface area contributed by atoms with Crippen LogP contribution in [0.3, 0.4) is 0 Å². The van der Waals surface area contributed by atoms with Gasteiger partial charge >= 0.3 is 0 Å². The first-order chi connectivity index (χ1) is 18.9. The Hall–Kier alpha value is -2.36. The van der Waals surface area contributed by atoms with E-state index in [4.69, 9.17) is 0 Å². The molecule has 3 heterocycles. The van der Waals surface area contributed by atoms with E-state index in [0.717, 1.165) is 24.0 Å². The van der Waals surface area contributed by atoms with E-state index >= 15 is 0 Å². The first-order valence-electron chi connectivity index (χ1n) is 13.8. The number of thioether (sulfide) groups is 1. The topological polar surface area (TPSA) is 98.7 Å². The van der Waals surface area contributed by atoms with Crippen LogP contribution in [0.2, 0.25) is 0 Å². The molecule has 0 radical (unpaired) electrons. The summed E-state index contributed by atoms with van der Waals surface area (Å²) >= 11 is 5.43. The third kappa shape index (κ3) is 5.25. The molecule has 2 aromatic carbocycles. The molecule has 39 heavy (non-hydrogen) atoms. The standard InChI is InChI=1S/C30H36BrN3O4S/c1-2-3-14-32-28(37)26-30-16-22(31)25(39-30)23(27(36)33-17-20-12-8-5-9-13-20)24(30)29(38)34(26)21(18-35)15-19-10-6-4-7-11-19/h4-13,21-26,35H,2-3,14-18H2,1H3,(H,32,37)(H,33,36)/t21-,22?,23+,24+,25+,26?,30?/m1/s1. The molecule has 3 fully saturated rings. The monoisotopic (exact) mass is 613 g/mol. The Bertz CT molecular complexity index is 1190. The SMILES string of the molecule is CCCCNC(=O)C1N([C@@H](CO)Cc2ccccc2)C(=O)[C@@H]2[C@H](C(=O)NCc3ccccc3)[C@H]3SC12CC3Br. The largest absolute Gasteiger partial charge is 0.394 e. The number of carbonyl (C=O) groups is 3. The minimum Gasteiger partial charge on any atom is -0.394 e. The van der Waals surface area contributed by atoms with Crippen LogP contribution in [-0.4, -0.2) is 67.8 Å². The Balaban J connectivity index is 1.47. The number of halogens is 1. The van der Waals surface area contributed by atoms with E-state index in [1.165, 1.54) is 0 Å². The highest BCUT2D eigenvalue weighted by Gasteiger charge is 2.76. The summed E-state index contributed by atoms with van der Waals surface area (Å²) in [5.41, 5.74) is 1.97. The predicted octanol–water partition coefficient (Wildman–Crippen LogP) is 3.29. The number of nitrogens with one attached hydrogen (secondary N) is 2. The van der Waals surface area contributed by atoms with Gasteiger partial charge in [-0.25, -0.2) is 0 Å². The number of aliphatic hydroxyl groups is 1. The third-order valence-corrected chi connectivity index (χ3v) is 11.6. The molecule has 208 valence electrons. The average molecular weight is 615 g/mol. The maximum absolute atomic E-state index is 14.3. The number of fused-ring (bicyclic) bond motifs is 1. The number of unbranched alkanes of at least 4 members (excludes halogenated alkanes) is 1. The number of hydrogen-bond donors (Lipinski definition) is 3. The van der Waals surface area contributed by atoms with E-state index in [-0.39, 0.29) is 34.4 Å². The molecule has 3 saturated heterocycles. The molecule has 3 N–H and O–H groups in total. The number of amides is 3. The van der Waals surface area contributed by atoms with Crippen LogP contribution < -0.4 is 10.6 Å². The lowest BCUT2D eigenvalue weighted by molar-refractivity contribution is -0.142. The highest BCUT2D eigenvalue weighted by Crippen LogP contribution is 2.68. The van der Waals surface area contributed by atoms with Crippen molar-refractivity contribution in [1.82, 2.24) is 15.5 Å². The summed E-state index contributed by atoms with van der Waals surface area (Å²) in [4.78, 5) is 43.5. The second kappa shape index (κ2) is 12.0. The highest BCUT2D eigenvalue weighted by atomic mass is 79.9. The second-order valence-electron chi connectivity index (χ2n) is 10.8. The van der Waals surface area contributed by atoms with Gasteiger partial charge in [-0.05, 0) is 30.4 Å². The second-order valence-corrected chi connectivity index (χ2v) is 13.5. The normalized spacial score (nSPS) is 29.8. The van der Waals surface area contributed by atoms with Crippen molar-refractivity contribution in [3.05, 3.63) is 71.8 Å². The van der Waals surface area contributed by atoms with Gasteiger partial charge in [-0.3, -0.25) is 14.4 Å². The molecule has 3 amide bonds. The molecular weight excluding hydrogens is 578 g/mol. The first kappa shape index (κ1) is 28.2. The van der Waals surface area contributed by atoms with Crippen LogP contribution in [-0.2, 0) is 27.3 Å². The minimum atomic E-state index is -0.755. The van der Waals surface area contributed by atoms with Crippen molar-refractivity contribution in [2.24, 2.45) is 11.8 Å². The fourth-order valence-corrected chi connectivity index (χ4v) is 10.2. The zero-order valence-corrected chi connectivity index (χ0v) is 24.5. The van der Waals surface area contributed by atoms with E-state index in [0.29, 0.717) is 25.9 Å². The van der Waals surface area contributed by atoms with E-state index in [9.17, 15) is 19.5 Å². The molecule has 2 bridgehead atoms. The summed E-state index contributed by atoms with van der Waals surface area (Å²) in [6.45, 7) is 2.71. The molecule has 7 atom stereocenters. The Morgan fingerprint density at radius 2 is 1.74 bits per heavy atom. The molecule has 0 aliphatic carbocycles. The van der Waals surface area contributed by atoms with Crippen LogP contribution >= 0.6 is 27.7 Å². The van der Waals surface area contributed by atoms with Gasteiger partial charge in [-0.15, -0.1) is 11.8 Å². The van der Waals surface area contributed by atoms with Crippen LogP contribution in [0.25, 0.3) is 0 Å². The predicted molar refractivity (Wildman–Crippen MR) is 156 cm³/mol. The summed E-state index contributed by atoms with van der Waals surface area (Å²) in [5, 5.41) is 16.6. The van der Waals surface area contributed by atoms with Gasteiger partial charge in [-0.1, -0.05) is 89.9 Å². The van der Waals surface area contributed by atoms with E-state index in [1.54, 1.807) is 16.7 Å². The molecular formula is C30H36BrN3O4S. The molecule has 3 aliphatic heterocycles. The van der Waals surface area contributed by atoms with Gasteiger partial charge in [-0.2, -0.15) is 0 Å². The Morgan fingerprint density at radius 3 is 2.38 bits per heavy atom. The Kier molecular flexibility index (Phi) is 8.69. The van der Waals surface area contributed by atoms with E-state index < -0.39 is 28.7 Å². The highest BCUT2D eigenvalue weighted by molar-refractivity contribution is 9.09. The maximum atomic E-state index is 14.3. The maximum Gasteiger partial charge on any atom is 0.244 e. The molecule has 1 spiro atoms. The van der Waals surface area contributed by atoms with Crippen molar-refractivity contribution < 1.29 is 19.5 Å². The molecule has 0 saturated carbocycles. The lowest BCUT2D eigenvalue weighted by atomic mass is 9.70. The summed E-state index contributed by atoms with van der Waals surface area (Å²) in [6, 6.07) is 18.1. The van der Waals surface area contributed by atoms with E-state index in [2.05, 4.69) is 33.5 Å². The van der Waals surface area contributed by atoms with Crippen molar-refractivity contribution in [1.29, 1.82) is 0 Å². The fraction of sp³-hybridized carbons (Fsp3) is 0.500. The number of alkyl halides is 1. The molecule has 9 heteroatoms. The fourth-order valence-electron chi connectivity index (χ4n) is 6.58. The van der Waals surface area contributed by atoms with Crippen molar-refractivity contribution in [2.75, 3.05) is 13.2 Å². The number of likely N-dealkylation sites (tertiary alicyclic amines) is 1. The molecule has 0 aromatic heterocycles. The number of hydrogen-bond acceptors (Lipinski definition) is 5. The van der Waals surface area contributed by atoms with Crippen LogP contribution in [0.1, 0.15) is 37.3 Å². The number of benzene rings is 2. The van der Waals surface area contributed by atoms with Gasteiger partial charge in [0.15, 0.2) is 0 Å². The molecule has 3 aliphatic rings. The van der Waals surface area contributed by atoms with Gasteiger partial charge < -0.3 is 20.6 Å². The number of nitrogens with zero attached hydrogens (tertiary/aromatic N) is 1. The zero-order valence-electron chi connectivity index (χ0n) is 22.1. The summed E-state index contributed by atoms with van der Waals surface area (Å²) in [7, 11) is 0. The third-order valence-electron chi connectivity index (χ3n) is 8.34. The van der Waals surface area contributed by atoms with Crippen LogP contribution in [0.5, 0.6) is 0 Å². The van der Waals surface area contributed by atoms with Crippen molar-refractivity contribution in [3.8, 4) is 0 Å². The Morgan fingerprint density at radius 1 is 1.08 bits per heavy atom. The summed E-state index contributed by atoms with van der Waals surface area (Å²) < 4.78 is -0.731. The number of rotatable bonds is 11. The van der Waals surface area contributed by atoms with Crippen molar-refractivity contribution in [2.45, 2.75) is 66.1 Å². The average Bonchev–Trinajstić information content (AvgIpc) is 3.55. The summed E-state index contributed by atoms with van der Waals surface area (Å²) in [6.07, 6.45) is 2.84. The van der Waals surface area contributed by atoms with Crippen LogP contribution in [0, 0.1) is 11.8 Å². The van der Waals surface area contributed by atoms with Crippen LogP contribution in [0.4, 0.5) is 0 Å². The van der Waals surface area contributed by atoms with Gasteiger partial charge in [0.25, 0.3) is 0 Å². The molecule has 3 unspecified atom stereocenters. The van der Waals surface area contributed by atoms with Gasteiger partial charge in [0.2, 0.25) is 17.7 Å². The van der Waals surface area contributed by atoms with Gasteiger partial charge in [0.05, 0.1) is 29.2 Å². The Labute approximate surface area is 242 Å². The molecule has 5 rings (SSSR count). The quantitative estimate of drug-likeness (QED) is 0.267. The van der Waals surface area contributed by atoms with Crippen molar-refractivity contribution >= 4 is 45.4 Å².